The Morgan fingerprint density at radius 2 is 2.18 bits per heavy atom. The van der Waals surface area contributed by atoms with Crippen LogP contribution >= 0.6 is 0 Å². The summed E-state index contributed by atoms with van der Waals surface area (Å²) in [6.45, 7) is 1.46. The normalized spacial score (nSPS) is 23.4. The van der Waals surface area contributed by atoms with Gasteiger partial charge in [0.25, 0.3) is 11.7 Å². The first-order valence-corrected chi connectivity index (χ1v) is 5.56. The van der Waals surface area contributed by atoms with Crippen LogP contribution < -0.4 is 10.2 Å². The molecular weight excluding hydrogens is 223 g/mol. The molecule has 88 valence electrons. The maximum absolute atomic E-state index is 13.2. The van der Waals surface area contributed by atoms with Gasteiger partial charge in [-0.2, -0.15) is 0 Å². The maximum Gasteiger partial charge on any atom is 0.299 e. The minimum Gasteiger partial charge on any atom is -0.315 e. The molecule has 1 fully saturated rings. The Bertz CT molecular complexity index is 509. The summed E-state index contributed by atoms with van der Waals surface area (Å²) in [6.07, 6.45) is 0.787. The summed E-state index contributed by atoms with van der Waals surface area (Å²) in [5, 5.41) is 3.13. The third kappa shape index (κ3) is 1.46. The van der Waals surface area contributed by atoms with E-state index in [4.69, 9.17) is 0 Å². The Morgan fingerprint density at radius 3 is 2.88 bits per heavy atom. The van der Waals surface area contributed by atoms with Crippen molar-refractivity contribution in [3.8, 4) is 0 Å². The van der Waals surface area contributed by atoms with E-state index in [1.807, 2.05) is 0 Å². The fourth-order valence-electron chi connectivity index (χ4n) is 2.45. The molecular formula is C12H11FN2O2. The monoisotopic (exact) mass is 234 g/mol. The Labute approximate surface area is 97.4 Å². The molecule has 1 N–H and O–H groups in total. The molecule has 2 heterocycles. The van der Waals surface area contributed by atoms with Crippen LogP contribution in [0.4, 0.5) is 10.1 Å². The van der Waals surface area contributed by atoms with Crippen molar-refractivity contribution >= 4 is 17.4 Å². The predicted octanol–water partition coefficient (Wildman–Crippen LogP) is 0.717. The van der Waals surface area contributed by atoms with Gasteiger partial charge in [-0.15, -0.1) is 0 Å². The summed E-state index contributed by atoms with van der Waals surface area (Å²) in [5.74, 6) is -1.51. The van der Waals surface area contributed by atoms with Gasteiger partial charge in [-0.1, -0.05) is 0 Å². The molecule has 2 aliphatic rings. The fourth-order valence-corrected chi connectivity index (χ4v) is 2.45. The second kappa shape index (κ2) is 3.63. The van der Waals surface area contributed by atoms with Gasteiger partial charge < -0.3 is 10.2 Å². The van der Waals surface area contributed by atoms with Crippen LogP contribution in [-0.4, -0.2) is 30.8 Å². The Morgan fingerprint density at radius 1 is 1.35 bits per heavy atom. The first-order chi connectivity index (χ1) is 8.18. The number of rotatable bonds is 1. The number of fused-ring (bicyclic) bond motifs is 1. The van der Waals surface area contributed by atoms with Crippen LogP contribution in [0.5, 0.6) is 0 Å². The number of Topliss-reactive ketones (excluding diaryl/α,β-unsaturated/α-hetero) is 1. The molecule has 0 aromatic heterocycles. The summed E-state index contributed by atoms with van der Waals surface area (Å²) >= 11 is 0. The standard InChI is InChI=1S/C12H11FN2O2/c13-7-1-2-9-10(5-7)15(12(17)11(9)16)8-3-4-14-6-8/h1-2,5,8,14H,3-4,6H2. The molecule has 17 heavy (non-hydrogen) atoms. The summed E-state index contributed by atoms with van der Waals surface area (Å²) in [6, 6.07) is 3.80. The van der Waals surface area contributed by atoms with E-state index in [1.165, 1.54) is 23.1 Å². The van der Waals surface area contributed by atoms with Crippen molar-refractivity contribution in [3.63, 3.8) is 0 Å². The molecule has 0 radical (unpaired) electrons. The predicted molar refractivity (Wildman–Crippen MR) is 59.5 cm³/mol. The van der Waals surface area contributed by atoms with Crippen molar-refractivity contribution in [2.75, 3.05) is 18.0 Å². The largest absolute Gasteiger partial charge is 0.315 e. The number of benzene rings is 1. The molecule has 1 aromatic carbocycles. The molecule has 3 rings (SSSR count). The van der Waals surface area contributed by atoms with E-state index in [0.717, 1.165) is 13.0 Å². The molecule has 0 bridgehead atoms. The van der Waals surface area contributed by atoms with Gasteiger partial charge >= 0.3 is 0 Å². The van der Waals surface area contributed by atoms with E-state index < -0.39 is 17.5 Å². The van der Waals surface area contributed by atoms with Gasteiger partial charge in [-0.3, -0.25) is 9.59 Å². The van der Waals surface area contributed by atoms with Gasteiger partial charge in [0.15, 0.2) is 0 Å². The van der Waals surface area contributed by atoms with E-state index >= 15 is 0 Å². The number of carbonyl (C=O) groups is 2. The van der Waals surface area contributed by atoms with Gasteiger partial charge in [0, 0.05) is 6.54 Å². The number of carbonyl (C=O) groups excluding carboxylic acids is 2. The lowest BCUT2D eigenvalue weighted by atomic mass is 10.1. The van der Waals surface area contributed by atoms with Crippen molar-refractivity contribution < 1.29 is 14.0 Å². The van der Waals surface area contributed by atoms with Crippen LogP contribution in [0.3, 0.4) is 0 Å². The molecule has 4 nitrogen and oxygen atoms in total. The highest BCUT2D eigenvalue weighted by atomic mass is 19.1. The number of ketones is 1. The SMILES string of the molecule is O=C1C(=O)N(C2CCNC2)c2cc(F)ccc21. The van der Waals surface area contributed by atoms with Crippen LogP contribution in [0, 0.1) is 5.82 Å². The first kappa shape index (κ1) is 10.4. The molecule has 1 unspecified atom stereocenters. The topological polar surface area (TPSA) is 49.4 Å². The second-order valence-corrected chi connectivity index (χ2v) is 4.31. The lowest BCUT2D eigenvalue weighted by molar-refractivity contribution is -0.114. The average Bonchev–Trinajstić information content (AvgIpc) is 2.88. The molecule has 2 aliphatic heterocycles. The number of hydrogen-bond acceptors (Lipinski definition) is 3. The van der Waals surface area contributed by atoms with Crippen molar-refractivity contribution in [1.82, 2.24) is 5.32 Å². The van der Waals surface area contributed by atoms with E-state index in [1.54, 1.807) is 0 Å². The number of anilines is 1. The highest BCUT2D eigenvalue weighted by Gasteiger charge is 2.40. The number of nitrogens with zero attached hydrogens (tertiary/aromatic N) is 1. The van der Waals surface area contributed by atoms with Crippen LogP contribution in [0.15, 0.2) is 18.2 Å². The van der Waals surface area contributed by atoms with Crippen LogP contribution in [-0.2, 0) is 4.79 Å². The third-order valence-corrected chi connectivity index (χ3v) is 3.28. The lowest BCUT2D eigenvalue weighted by Gasteiger charge is -2.23. The Balaban J connectivity index is 2.08. The van der Waals surface area contributed by atoms with Crippen molar-refractivity contribution in [1.29, 1.82) is 0 Å². The zero-order chi connectivity index (χ0) is 12.0. The third-order valence-electron chi connectivity index (χ3n) is 3.28. The first-order valence-electron chi connectivity index (χ1n) is 5.56. The van der Waals surface area contributed by atoms with Gasteiger partial charge in [0.05, 0.1) is 17.3 Å². The number of nitrogens with one attached hydrogen (secondary N) is 1. The molecule has 5 heteroatoms. The quantitative estimate of drug-likeness (QED) is 0.728. The molecule has 1 aromatic rings. The minimum atomic E-state index is -0.542. The van der Waals surface area contributed by atoms with Crippen LogP contribution in [0.2, 0.25) is 0 Å². The van der Waals surface area contributed by atoms with Gasteiger partial charge in [0.1, 0.15) is 5.82 Å². The Kier molecular flexibility index (Phi) is 2.22. The van der Waals surface area contributed by atoms with E-state index in [2.05, 4.69) is 5.32 Å². The molecule has 0 spiro atoms. The second-order valence-electron chi connectivity index (χ2n) is 4.31. The maximum atomic E-state index is 13.2. The average molecular weight is 234 g/mol. The fraction of sp³-hybridized carbons (Fsp3) is 0.333. The van der Waals surface area contributed by atoms with Gasteiger partial charge in [0.2, 0.25) is 0 Å². The number of hydrogen-bond donors (Lipinski definition) is 1. The smallest absolute Gasteiger partial charge is 0.299 e. The highest BCUT2D eigenvalue weighted by Crippen LogP contribution is 2.32. The van der Waals surface area contributed by atoms with Crippen molar-refractivity contribution in [2.45, 2.75) is 12.5 Å². The van der Waals surface area contributed by atoms with E-state index in [9.17, 15) is 14.0 Å². The number of halogens is 1. The zero-order valence-electron chi connectivity index (χ0n) is 9.07. The van der Waals surface area contributed by atoms with Gasteiger partial charge in [-0.25, -0.2) is 4.39 Å². The van der Waals surface area contributed by atoms with Crippen LogP contribution in [0.25, 0.3) is 0 Å². The molecule has 1 amide bonds. The van der Waals surface area contributed by atoms with Crippen molar-refractivity contribution in [3.05, 3.63) is 29.6 Å². The Hall–Kier alpha value is -1.75. The highest BCUT2D eigenvalue weighted by molar-refractivity contribution is 6.52. The van der Waals surface area contributed by atoms with Crippen molar-refractivity contribution in [2.24, 2.45) is 0 Å². The zero-order valence-corrected chi connectivity index (χ0v) is 9.07. The van der Waals surface area contributed by atoms with Crippen LogP contribution in [0.1, 0.15) is 16.8 Å². The summed E-state index contributed by atoms with van der Waals surface area (Å²) in [5.41, 5.74) is 0.719. The summed E-state index contributed by atoms with van der Waals surface area (Å²) < 4.78 is 13.2. The summed E-state index contributed by atoms with van der Waals surface area (Å²) in [7, 11) is 0. The summed E-state index contributed by atoms with van der Waals surface area (Å²) in [4.78, 5) is 25.1. The number of amides is 1. The molecule has 0 aliphatic carbocycles. The molecule has 1 atom stereocenters. The minimum absolute atomic E-state index is 0.0468. The molecule has 0 saturated carbocycles. The molecule has 1 saturated heterocycles. The van der Waals surface area contributed by atoms with E-state index in [0.29, 0.717) is 17.8 Å². The van der Waals surface area contributed by atoms with Gasteiger partial charge in [-0.05, 0) is 31.2 Å². The van der Waals surface area contributed by atoms with E-state index in [-0.39, 0.29) is 6.04 Å². The lowest BCUT2D eigenvalue weighted by Crippen LogP contribution is -2.40.